The molecule has 0 heterocycles. The molecule has 4 aliphatic carbocycles. The number of aliphatic hydroxyl groups is 1. The molecule has 11 atom stereocenters. The van der Waals surface area contributed by atoms with Crippen LogP contribution in [0.1, 0.15) is 118 Å². The normalized spacial score (nSPS) is 39.0. The number of ketones is 1. The van der Waals surface area contributed by atoms with Crippen molar-refractivity contribution in [2.45, 2.75) is 136 Å². The molecule has 250 valence electrons. The molecular formula is C34H63N3O5S. The summed E-state index contributed by atoms with van der Waals surface area (Å²) in [6, 6.07) is 0.570. The van der Waals surface area contributed by atoms with Gasteiger partial charge in [-0.3, -0.25) is 13.5 Å². The average Bonchev–Trinajstić information content (AvgIpc) is 3.30. The molecule has 6 N–H and O–H groups in total. The number of carbonyl (C=O) groups excluding carboxylic acids is 1. The molecule has 4 rings (SSSR count). The minimum Gasteiger partial charge on any atom is -0.393 e. The highest BCUT2D eigenvalue weighted by molar-refractivity contribution is 7.74. The second-order valence-corrected chi connectivity index (χ2v) is 16.4. The number of rotatable bonds is 16. The van der Waals surface area contributed by atoms with E-state index in [1.165, 1.54) is 44.9 Å². The van der Waals surface area contributed by atoms with Gasteiger partial charge < -0.3 is 21.5 Å². The lowest BCUT2D eigenvalue weighted by atomic mass is 9.43. The van der Waals surface area contributed by atoms with Crippen LogP contribution in [0.4, 0.5) is 0 Å². The first-order chi connectivity index (χ1) is 20.3. The highest BCUT2D eigenvalue weighted by atomic mass is 32.2. The number of hydrogen-bond acceptors (Lipinski definition) is 7. The van der Waals surface area contributed by atoms with Gasteiger partial charge >= 0.3 is 11.4 Å². The Hall–Kier alpha value is -0.420. The molecule has 0 aromatic rings. The molecule has 0 radical (unpaired) electrons. The van der Waals surface area contributed by atoms with E-state index in [0.29, 0.717) is 53.4 Å². The van der Waals surface area contributed by atoms with E-state index in [1.54, 1.807) is 13.8 Å². The zero-order valence-electron chi connectivity index (χ0n) is 27.7. The van der Waals surface area contributed by atoms with Crippen LogP contribution in [0.25, 0.3) is 0 Å². The third-order valence-electron chi connectivity index (χ3n) is 13.0. The van der Waals surface area contributed by atoms with Crippen molar-refractivity contribution in [3.8, 4) is 0 Å². The molecule has 4 fully saturated rings. The maximum atomic E-state index is 12.8. The molecule has 0 saturated heterocycles. The second-order valence-electron chi connectivity index (χ2n) is 15.8. The molecule has 0 aromatic carbocycles. The molecule has 0 aliphatic heterocycles. The predicted octanol–water partition coefficient (Wildman–Crippen LogP) is 5.21. The lowest BCUT2D eigenvalue weighted by molar-refractivity contribution is -0.167. The Labute approximate surface area is 264 Å². The fraction of sp³-hybridized carbons (Fsp3) is 0.971. The van der Waals surface area contributed by atoms with E-state index in [0.717, 1.165) is 58.3 Å². The number of nitrogens with one attached hydrogen (secondary N) is 2. The van der Waals surface area contributed by atoms with Crippen molar-refractivity contribution in [2.75, 3.05) is 26.2 Å². The fourth-order valence-electron chi connectivity index (χ4n) is 10.5. The van der Waals surface area contributed by atoms with E-state index >= 15 is 0 Å². The van der Waals surface area contributed by atoms with E-state index in [1.807, 2.05) is 0 Å². The van der Waals surface area contributed by atoms with Gasteiger partial charge in [-0.25, -0.2) is 0 Å². The largest absolute Gasteiger partial charge is 0.393 e. The van der Waals surface area contributed by atoms with Crippen LogP contribution in [0, 0.1) is 46.3 Å². The smallest absolute Gasteiger partial charge is 0.302 e. The molecule has 43 heavy (non-hydrogen) atoms. The van der Waals surface area contributed by atoms with Gasteiger partial charge in [-0.05, 0) is 163 Å². The number of unbranched alkanes of at least 4 members (excludes halogenated alkanes) is 1. The van der Waals surface area contributed by atoms with Gasteiger partial charge in [0.2, 0.25) is 0 Å². The van der Waals surface area contributed by atoms with Crippen molar-refractivity contribution < 1.29 is 22.8 Å². The Morgan fingerprint density at radius 2 is 1.72 bits per heavy atom. The lowest BCUT2D eigenvalue weighted by Crippen LogP contribution is -2.59. The predicted molar refractivity (Wildman–Crippen MR) is 174 cm³/mol. The van der Waals surface area contributed by atoms with E-state index < -0.39 is 17.0 Å². The van der Waals surface area contributed by atoms with Crippen molar-refractivity contribution in [2.24, 2.45) is 52.1 Å². The minimum atomic E-state index is -2.46. The van der Waals surface area contributed by atoms with Gasteiger partial charge in [-0.15, -0.1) is 0 Å². The summed E-state index contributed by atoms with van der Waals surface area (Å²) in [5.41, 5.74) is 4.84. The number of fused-ring (bicyclic) bond motifs is 5. The first-order valence-electron chi connectivity index (χ1n) is 17.5. The first kappa shape index (κ1) is 35.4. The zero-order chi connectivity index (χ0) is 31.4. The van der Waals surface area contributed by atoms with Crippen LogP contribution >= 0.6 is 0 Å². The Bertz CT molecular complexity index is 951. The molecule has 4 saturated carbocycles. The van der Waals surface area contributed by atoms with Gasteiger partial charge in [0.1, 0.15) is 5.60 Å². The molecule has 6 unspecified atom stereocenters. The van der Waals surface area contributed by atoms with E-state index in [4.69, 9.17) is 14.5 Å². The monoisotopic (exact) mass is 625 g/mol. The number of nitrogens with two attached hydrogens (primary N) is 1. The maximum absolute atomic E-state index is 12.8. The highest BCUT2D eigenvalue weighted by Gasteiger charge is 2.62. The van der Waals surface area contributed by atoms with Crippen molar-refractivity contribution in [3.63, 3.8) is 0 Å². The quantitative estimate of drug-likeness (QED) is 0.117. The standard InChI is InChI=1S/C34H63N3O5S/c1-23(9-12-30(39)32(2,3)42-43(40)41)26-10-11-27-31-28(14-16-34(26,27)5)33(4)15-13-25(21-24(33)22-29(31)38)37-20-8-19-36-18-7-6-17-35/h23-29,31,36-38H,6-22,35H2,1-5H3,(H,40,41)/t23?,24-,25+,26-,27?,28?,29?,31?,33+,34-/m1/s1. The van der Waals surface area contributed by atoms with Crippen LogP contribution in [0.5, 0.6) is 0 Å². The molecule has 0 bridgehead atoms. The van der Waals surface area contributed by atoms with Gasteiger partial charge in [0, 0.05) is 12.5 Å². The van der Waals surface area contributed by atoms with Crippen molar-refractivity contribution in [1.29, 1.82) is 0 Å². The summed E-state index contributed by atoms with van der Waals surface area (Å²) in [6.07, 6.45) is 13.7. The third kappa shape index (κ3) is 7.94. The van der Waals surface area contributed by atoms with Crippen molar-refractivity contribution in [3.05, 3.63) is 0 Å². The van der Waals surface area contributed by atoms with E-state index in [-0.39, 0.29) is 17.3 Å². The summed E-state index contributed by atoms with van der Waals surface area (Å²) in [4.78, 5) is 12.8. The fourth-order valence-corrected chi connectivity index (χ4v) is 11.0. The van der Waals surface area contributed by atoms with Crippen LogP contribution in [-0.2, 0) is 20.3 Å². The number of aliphatic hydroxyl groups excluding tert-OH is 1. The third-order valence-corrected chi connectivity index (χ3v) is 13.6. The van der Waals surface area contributed by atoms with Gasteiger partial charge in [0.05, 0.1) is 6.10 Å². The van der Waals surface area contributed by atoms with E-state index in [9.17, 15) is 14.1 Å². The maximum Gasteiger partial charge on any atom is 0.302 e. The van der Waals surface area contributed by atoms with Crippen LogP contribution in [0.2, 0.25) is 0 Å². The average molecular weight is 626 g/mol. The molecule has 0 aromatic heterocycles. The molecule has 4 aliphatic rings. The highest BCUT2D eigenvalue weighted by Crippen LogP contribution is 2.68. The molecule has 0 amide bonds. The first-order valence-corrected chi connectivity index (χ1v) is 18.5. The van der Waals surface area contributed by atoms with Crippen molar-refractivity contribution >= 4 is 17.1 Å². The minimum absolute atomic E-state index is 0.119. The topological polar surface area (TPSA) is 134 Å². The lowest BCUT2D eigenvalue weighted by Gasteiger charge is -2.62. The van der Waals surface area contributed by atoms with Crippen LogP contribution < -0.4 is 16.4 Å². The molecule has 0 spiro atoms. The summed E-state index contributed by atoms with van der Waals surface area (Å²) < 4.78 is 25.2. The Morgan fingerprint density at radius 1 is 1.02 bits per heavy atom. The second kappa shape index (κ2) is 15.0. The Balaban J connectivity index is 1.31. The number of Topliss-reactive ketones (excluding diaryl/α,β-unsaturated/α-hetero) is 1. The number of carbonyl (C=O) groups is 1. The van der Waals surface area contributed by atoms with E-state index in [2.05, 4.69) is 31.4 Å². The summed E-state index contributed by atoms with van der Waals surface area (Å²) in [5.74, 6) is 2.94. The Kier molecular flexibility index (Phi) is 12.4. The number of hydrogen-bond donors (Lipinski definition) is 5. The van der Waals surface area contributed by atoms with Crippen LogP contribution in [0.15, 0.2) is 0 Å². The van der Waals surface area contributed by atoms with Gasteiger partial charge in [0.25, 0.3) is 0 Å². The van der Waals surface area contributed by atoms with Gasteiger partial charge in [-0.1, -0.05) is 20.8 Å². The van der Waals surface area contributed by atoms with Gasteiger partial charge in [-0.2, -0.15) is 4.21 Å². The Morgan fingerprint density at radius 3 is 2.44 bits per heavy atom. The summed E-state index contributed by atoms with van der Waals surface area (Å²) in [6.45, 7) is 14.4. The van der Waals surface area contributed by atoms with Crippen LogP contribution in [0.3, 0.4) is 0 Å². The molecule has 9 heteroatoms. The summed E-state index contributed by atoms with van der Waals surface area (Å²) in [5, 5.41) is 19.2. The molecule has 8 nitrogen and oxygen atoms in total. The summed E-state index contributed by atoms with van der Waals surface area (Å²) >= 11 is -2.46. The van der Waals surface area contributed by atoms with Gasteiger partial charge in [0.15, 0.2) is 5.78 Å². The van der Waals surface area contributed by atoms with Crippen molar-refractivity contribution in [1.82, 2.24) is 10.6 Å². The SMILES string of the molecule is CC(CCC(=O)C(C)(C)OS(=O)O)[C@H]1CCC2C3C(O)C[C@H]4C[C@@H](NCCCNCCCCN)CC[C@]4(C)C3CC[C@@]21C. The van der Waals surface area contributed by atoms with Crippen LogP contribution in [-0.4, -0.2) is 63.6 Å². The zero-order valence-corrected chi connectivity index (χ0v) is 28.6. The summed E-state index contributed by atoms with van der Waals surface area (Å²) in [7, 11) is 0. The molecular weight excluding hydrogens is 562 g/mol.